The Morgan fingerprint density at radius 3 is 2.42 bits per heavy atom. The molecule has 2 fully saturated rings. The van der Waals surface area contributed by atoms with Crippen molar-refractivity contribution in [3.63, 3.8) is 0 Å². The maximum absolute atomic E-state index is 12.3. The molecule has 3 rings (SSSR count). The van der Waals surface area contributed by atoms with Crippen molar-refractivity contribution in [1.29, 1.82) is 0 Å². The van der Waals surface area contributed by atoms with E-state index in [-0.39, 0.29) is 6.03 Å². The van der Waals surface area contributed by atoms with Gasteiger partial charge in [0.05, 0.1) is 7.11 Å². The molecule has 1 N–H and O–H groups in total. The fourth-order valence-electron chi connectivity index (χ4n) is 3.78. The molecule has 1 aromatic rings. The number of nitrogens with one attached hydrogen (secondary N) is 1. The first-order chi connectivity index (χ1) is 11.8. The number of urea groups is 1. The highest BCUT2D eigenvalue weighted by molar-refractivity contribution is 5.74. The van der Waals surface area contributed by atoms with E-state index in [2.05, 4.69) is 10.2 Å². The van der Waals surface area contributed by atoms with Crippen LogP contribution in [0.4, 0.5) is 4.79 Å². The zero-order valence-electron chi connectivity index (χ0n) is 14.7. The van der Waals surface area contributed by atoms with Crippen molar-refractivity contribution in [3.05, 3.63) is 29.8 Å². The van der Waals surface area contributed by atoms with Gasteiger partial charge in [0.15, 0.2) is 0 Å². The average molecular weight is 331 g/mol. The fourth-order valence-corrected chi connectivity index (χ4v) is 3.78. The minimum Gasteiger partial charge on any atom is -0.497 e. The van der Waals surface area contributed by atoms with Crippen LogP contribution >= 0.6 is 0 Å². The molecule has 0 radical (unpaired) electrons. The predicted octanol–water partition coefficient (Wildman–Crippen LogP) is 2.51. The Labute approximate surface area is 145 Å². The molecule has 2 amide bonds. The van der Waals surface area contributed by atoms with Gasteiger partial charge in [0.2, 0.25) is 0 Å². The summed E-state index contributed by atoms with van der Waals surface area (Å²) in [5.74, 6) is 0.864. The molecule has 0 atom stereocenters. The zero-order valence-corrected chi connectivity index (χ0v) is 14.7. The Kier molecular flexibility index (Phi) is 5.96. The maximum Gasteiger partial charge on any atom is 0.317 e. The number of nitrogens with zero attached hydrogens (tertiary/aromatic N) is 2. The van der Waals surface area contributed by atoms with Crippen LogP contribution in [0, 0.1) is 0 Å². The zero-order chi connectivity index (χ0) is 16.8. The molecule has 1 aliphatic heterocycles. The first-order valence-electron chi connectivity index (χ1n) is 9.16. The number of methoxy groups -OCH3 is 1. The smallest absolute Gasteiger partial charge is 0.317 e. The van der Waals surface area contributed by atoms with Gasteiger partial charge in [-0.25, -0.2) is 4.79 Å². The number of ether oxygens (including phenoxy) is 1. The number of benzene rings is 1. The van der Waals surface area contributed by atoms with E-state index in [1.165, 1.54) is 31.2 Å². The Morgan fingerprint density at radius 1 is 1.12 bits per heavy atom. The van der Waals surface area contributed by atoms with Crippen LogP contribution in [-0.4, -0.2) is 61.7 Å². The van der Waals surface area contributed by atoms with Crippen LogP contribution in [0.5, 0.6) is 5.75 Å². The lowest BCUT2D eigenvalue weighted by molar-refractivity contribution is 0.110. The van der Waals surface area contributed by atoms with Crippen LogP contribution in [0.1, 0.15) is 31.2 Å². The summed E-state index contributed by atoms with van der Waals surface area (Å²) < 4.78 is 5.16. The first kappa shape index (κ1) is 17.1. The number of carbonyl (C=O) groups is 1. The molecule has 1 aliphatic carbocycles. The van der Waals surface area contributed by atoms with Crippen LogP contribution < -0.4 is 10.1 Å². The van der Waals surface area contributed by atoms with Crippen molar-refractivity contribution in [2.75, 3.05) is 39.8 Å². The minimum atomic E-state index is 0.0783. The summed E-state index contributed by atoms with van der Waals surface area (Å²) in [7, 11) is 1.67. The van der Waals surface area contributed by atoms with Gasteiger partial charge in [-0.2, -0.15) is 0 Å². The normalized spacial score (nSPS) is 19.5. The van der Waals surface area contributed by atoms with Gasteiger partial charge in [0, 0.05) is 38.8 Å². The minimum absolute atomic E-state index is 0.0783. The second kappa shape index (κ2) is 8.38. The summed E-state index contributed by atoms with van der Waals surface area (Å²) in [4.78, 5) is 16.8. The van der Waals surface area contributed by atoms with Crippen LogP contribution in [0.2, 0.25) is 0 Å². The Balaban J connectivity index is 1.36. The van der Waals surface area contributed by atoms with Crippen molar-refractivity contribution in [3.8, 4) is 5.75 Å². The lowest BCUT2D eigenvalue weighted by atomic mass is 10.1. The maximum atomic E-state index is 12.3. The van der Waals surface area contributed by atoms with E-state index in [4.69, 9.17) is 4.74 Å². The molecule has 5 heteroatoms. The number of rotatable bonds is 5. The Hall–Kier alpha value is -1.75. The molecule has 0 unspecified atom stereocenters. The molecule has 0 bridgehead atoms. The van der Waals surface area contributed by atoms with Gasteiger partial charge in [0.1, 0.15) is 5.75 Å². The summed E-state index contributed by atoms with van der Waals surface area (Å²) in [5, 5.41) is 3.05. The van der Waals surface area contributed by atoms with Gasteiger partial charge in [-0.05, 0) is 37.0 Å². The van der Waals surface area contributed by atoms with Crippen LogP contribution in [0.3, 0.4) is 0 Å². The molecule has 132 valence electrons. The van der Waals surface area contributed by atoms with Gasteiger partial charge in [-0.15, -0.1) is 0 Å². The van der Waals surface area contributed by atoms with E-state index in [1.54, 1.807) is 7.11 Å². The van der Waals surface area contributed by atoms with Gasteiger partial charge in [-0.3, -0.25) is 4.90 Å². The average Bonchev–Trinajstić information content (AvgIpc) is 3.17. The quantitative estimate of drug-likeness (QED) is 0.902. The van der Waals surface area contributed by atoms with E-state index in [0.717, 1.165) is 44.4 Å². The number of hydrogen-bond acceptors (Lipinski definition) is 3. The van der Waals surface area contributed by atoms with Crippen molar-refractivity contribution in [1.82, 2.24) is 15.1 Å². The molecule has 1 saturated heterocycles. The second-order valence-corrected chi connectivity index (χ2v) is 6.79. The number of hydrogen-bond donors (Lipinski definition) is 1. The second-order valence-electron chi connectivity index (χ2n) is 6.79. The summed E-state index contributed by atoms with van der Waals surface area (Å²) in [6.45, 7) is 4.43. The van der Waals surface area contributed by atoms with Gasteiger partial charge >= 0.3 is 6.03 Å². The largest absolute Gasteiger partial charge is 0.497 e. The number of piperazine rings is 1. The highest BCUT2D eigenvalue weighted by Gasteiger charge is 2.27. The van der Waals surface area contributed by atoms with Crippen molar-refractivity contribution in [2.24, 2.45) is 0 Å². The summed E-state index contributed by atoms with van der Waals surface area (Å²) in [6.07, 6.45) is 6.27. The predicted molar refractivity (Wildman–Crippen MR) is 95.5 cm³/mol. The van der Waals surface area contributed by atoms with Gasteiger partial charge in [0.25, 0.3) is 0 Å². The SMILES string of the molecule is COc1ccc(CCNC(=O)N2CCN(C3CCCC3)CC2)cc1. The number of carbonyl (C=O) groups excluding carboxylic acids is 1. The summed E-state index contributed by atoms with van der Waals surface area (Å²) in [5.41, 5.74) is 1.21. The molecule has 1 saturated carbocycles. The molecule has 0 aromatic heterocycles. The Morgan fingerprint density at radius 2 is 1.79 bits per heavy atom. The van der Waals surface area contributed by atoms with Gasteiger partial charge in [-0.1, -0.05) is 25.0 Å². The summed E-state index contributed by atoms with van der Waals surface area (Å²) >= 11 is 0. The van der Waals surface area contributed by atoms with E-state index >= 15 is 0 Å². The van der Waals surface area contributed by atoms with Crippen LogP contribution in [0.25, 0.3) is 0 Å². The third-order valence-corrected chi connectivity index (χ3v) is 5.29. The highest BCUT2D eigenvalue weighted by Crippen LogP contribution is 2.24. The van der Waals surface area contributed by atoms with Crippen molar-refractivity contribution < 1.29 is 9.53 Å². The highest BCUT2D eigenvalue weighted by atomic mass is 16.5. The van der Waals surface area contributed by atoms with Crippen molar-refractivity contribution in [2.45, 2.75) is 38.1 Å². The molecule has 24 heavy (non-hydrogen) atoms. The first-order valence-corrected chi connectivity index (χ1v) is 9.16. The molecule has 2 aliphatic rings. The van der Waals surface area contributed by atoms with E-state index < -0.39 is 0 Å². The van der Waals surface area contributed by atoms with E-state index in [9.17, 15) is 4.79 Å². The van der Waals surface area contributed by atoms with E-state index in [1.807, 2.05) is 29.2 Å². The fraction of sp³-hybridized carbons (Fsp3) is 0.632. The topological polar surface area (TPSA) is 44.8 Å². The summed E-state index contributed by atoms with van der Waals surface area (Å²) in [6, 6.07) is 8.86. The third kappa shape index (κ3) is 4.41. The Bertz CT molecular complexity index is 518. The molecule has 1 aromatic carbocycles. The monoisotopic (exact) mass is 331 g/mol. The van der Waals surface area contributed by atoms with Crippen molar-refractivity contribution >= 4 is 6.03 Å². The van der Waals surface area contributed by atoms with Crippen LogP contribution in [0.15, 0.2) is 24.3 Å². The molecule has 1 heterocycles. The lowest BCUT2D eigenvalue weighted by Crippen LogP contribution is -2.53. The standard InChI is InChI=1S/C19H29N3O2/c1-24-18-8-6-16(7-9-18)10-11-20-19(23)22-14-12-21(13-15-22)17-4-2-3-5-17/h6-9,17H,2-5,10-15H2,1H3,(H,20,23). The molecule has 5 nitrogen and oxygen atoms in total. The number of amides is 2. The molecular formula is C19H29N3O2. The lowest BCUT2D eigenvalue weighted by Gasteiger charge is -2.38. The molecular weight excluding hydrogens is 302 g/mol. The van der Waals surface area contributed by atoms with Crippen LogP contribution in [-0.2, 0) is 6.42 Å². The third-order valence-electron chi connectivity index (χ3n) is 5.29. The van der Waals surface area contributed by atoms with E-state index in [0.29, 0.717) is 6.54 Å². The van der Waals surface area contributed by atoms with Gasteiger partial charge < -0.3 is 15.0 Å². The molecule has 0 spiro atoms.